The van der Waals surface area contributed by atoms with E-state index in [2.05, 4.69) is 25.7 Å². The van der Waals surface area contributed by atoms with Crippen molar-refractivity contribution in [2.45, 2.75) is 96.7 Å². The Morgan fingerprint density at radius 2 is 1.78 bits per heavy atom. The standard InChI is InChI=1S/C16H34N2/c1-4-6-13-18(14(3)5-2)16-12-10-8-7-9-11-15(16)17/h14-16H,4-13,17H2,1-3H3. The summed E-state index contributed by atoms with van der Waals surface area (Å²) in [6.45, 7) is 8.20. The van der Waals surface area contributed by atoms with E-state index < -0.39 is 0 Å². The molecule has 2 nitrogen and oxygen atoms in total. The second kappa shape index (κ2) is 8.92. The number of hydrogen-bond donors (Lipinski definition) is 1. The van der Waals surface area contributed by atoms with Gasteiger partial charge in [0.1, 0.15) is 0 Å². The maximum absolute atomic E-state index is 6.47. The van der Waals surface area contributed by atoms with Crippen molar-refractivity contribution in [1.82, 2.24) is 4.90 Å². The first kappa shape index (κ1) is 16.0. The minimum atomic E-state index is 0.399. The van der Waals surface area contributed by atoms with Gasteiger partial charge >= 0.3 is 0 Å². The molecule has 1 fully saturated rings. The summed E-state index contributed by atoms with van der Waals surface area (Å²) in [5, 5.41) is 0. The van der Waals surface area contributed by atoms with Crippen molar-refractivity contribution in [3.05, 3.63) is 0 Å². The zero-order valence-corrected chi connectivity index (χ0v) is 12.8. The molecule has 0 spiro atoms. The van der Waals surface area contributed by atoms with Crippen molar-refractivity contribution in [3.63, 3.8) is 0 Å². The number of nitrogens with zero attached hydrogens (tertiary/aromatic N) is 1. The molecule has 18 heavy (non-hydrogen) atoms. The average Bonchev–Trinajstić information content (AvgIpc) is 2.36. The highest BCUT2D eigenvalue weighted by atomic mass is 15.2. The summed E-state index contributed by atoms with van der Waals surface area (Å²) in [6.07, 6.45) is 11.9. The van der Waals surface area contributed by atoms with Gasteiger partial charge in [0.25, 0.3) is 0 Å². The van der Waals surface area contributed by atoms with Crippen LogP contribution in [-0.4, -0.2) is 29.6 Å². The Hall–Kier alpha value is -0.0800. The van der Waals surface area contributed by atoms with E-state index in [0.717, 1.165) is 0 Å². The van der Waals surface area contributed by atoms with Crippen LogP contribution >= 0.6 is 0 Å². The van der Waals surface area contributed by atoms with Crippen molar-refractivity contribution in [3.8, 4) is 0 Å². The molecular weight excluding hydrogens is 220 g/mol. The third-order valence-electron chi connectivity index (χ3n) is 4.63. The summed E-state index contributed by atoms with van der Waals surface area (Å²) in [4.78, 5) is 2.72. The van der Waals surface area contributed by atoms with Gasteiger partial charge in [0.15, 0.2) is 0 Å². The third-order valence-corrected chi connectivity index (χ3v) is 4.63. The first-order valence-electron chi connectivity index (χ1n) is 8.22. The molecule has 0 heterocycles. The third kappa shape index (κ3) is 4.89. The fraction of sp³-hybridized carbons (Fsp3) is 1.00. The Balaban J connectivity index is 2.65. The van der Waals surface area contributed by atoms with E-state index in [1.165, 1.54) is 64.3 Å². The largest absolute Gasteiger partial charge is 0.326 e. The van der Waals surface area contributed by atoms with E-state index in [-0.39, 0.29) is 0 Å². The predicted octanol–water partition coefficient (Wildman–Crippen LogP) is 3.94. The van der Waals surface area contributed by atoms with Crippen LogP contribution in [0.3, 0.4) is 0 Å². The van der Waals surface area contributed by atoms with Gasteiger partial charge in [-0.15, -0.1) is 0 Å². The van der Waals surface area contributed by atoms with E-state index in [1.807, 2.05) is 0 Å². The van der Waals surface area contributed by atoms with Gasteiger partial charge < -0.3 is 5.73 Å². The van der Waals surface area contributed by atoms with Crippen molar-refractivity contribution in [2.24, 2.45) is 5.73 Å². The lowest BCUT2D eigenvalue weighted by Crippen LogP contribution is -2.52. The molecule has 3 atom stereocenters. The number of rotatable bonds is 6. The first-order chi connectivity index (χ1) is 8.70. The van der Waals surface area contributed by atoms with Crippen molar-refractivity contribution < 1.29 is 0 Å². The Morgan fingerprint density at radius 3 is 2.39 bits per heavy atom. The second-order valence-electron chi connectivity index (χ2n) is 6.07. The topological polar surface area (TPSA) is 29.3 Å². The molecule has 0 amide bonds. The minimum Gasteiger partial charge on any atom is -0.326 e. The summed E-state index contributed by atoms with van der Waals surface area (Å²) in [5.74, 6) is 0. The van der Waals surface area contributed by atoms with E-state index in [9.17, 15) is 0 Å². The molecule has 0 radical (unpaired) electrons. The van der Waals surface area contributed by atoms with Crippen LogP contribution in [-0.2, 0) is 0 Å². The molecule has 0 aromatic rings. The highest BCUT2D eigenvalue weighted by Crippen LogP contribution is 2.23. The smallest absolute Gasteiger partial charge is 0.0250 e. The fourth-order valence-corrected chi connectivity index (χ4v) is 3.19. The molecule has 0 bridgehead atoms. The Labute approximate surface area is 114 Å². The van der Waals surface area contributed by atoms with E-state index >= 15 is 0 Å². The van der Waals surface area contributed by atoms with Crippen molar-refractivity contribution in [2.75, 3.05) is 6.54 Å². The lowest BCUT2D eigenvalue weighted by Gasteiger charge is -2.40. The summed E-state index contributed by atoms with van der Waals surface area (Å²) in [7, 11) is 0. The van der Waals surface area contributed by atoms with Gasteiger partial charge in [0.2, 0.25) is 0 Å². The normalized spacial score (nSPS) is 27.8. The Morgan fingerprint density at radius 1 is 1.11 bits per heavy atom. The monoisotopic (exact) mass is 254 g/mol. The zero-order chi connectivity index (χ0) is 13.4. The van der Waals surface area contributed by atoms with Crippen LogP contribution < -0.4 is 5.73 Å². The van der Waals surface area contributed by atoms with Crippen LogP contribution in [0.2, 0.25) is 0 Å². The minimum absolute atomic E-state index is 0.399. The van der Waals surface area contributed by atoms with E-state index in [4.69, 9.17) is 5.73 Å². The van der Waals surface area contributed by atoms with Gasteiger partial charge in [0.05, 0.1) is 0 Å². The molecule has 0 aliphatic heterocycles. The molecule has 1 aliphatic carbocycles. The van der Waals surface area contributed by atoms with Crippen LogP contribution in [0.1, 0.15) is 78.6 Å². The number of hydrogen-bond acceptors (Lipinski definition) is 2. The summed E-state index contributed by atoms with van der Waals surface area (Å²) < 4.78 is 0. The maximum Gasteiger partial charge on any atom is 0.0250 e. The molecule has 1 rings (SSSR count). The van der Waals surface area contributed by atoms with Gasteiger partial charge in [-0.05, 0) is 39.2 Å². The quantitative estimate of drug-likeness (QED) is 0.778. The van der Waals surface area contributed by atoms with Crippen molar-refractivity contribution >= 4 is 0 Å². The number of unbranched alkanes of at least 4 members (excludes halogenated alkanes) is 1. The lowest BCUT2D eigenvalue weighted by atomic mass is 9.90. The van der Waals surface area contributed by atoms with E-state index in [1.54, 1.807) is 0 Å². The molecule has 2 N–H and O–H groups in total. The predicted molar refractivity (Wildman–Crippen MR) is 80.8 cm³/mol. The molecule has 0 saturated heterocycles. The molecule has 108 valence electrons. The van der Waals surface area contributed by atoms with Gasteiger partial charge in [-0.3, -0.25) is 4.90 Å². The van der Waals surface area contributed by atoms with Crippen LogP contribution in [0.25, 0.3) is 0 Å². The second-order valence-corrected chi connectivity index (χ2v) is 6.07. The van der Waals surface area contributed by atoms with Crippen molar-refractivity contribution in [1.29, 1.82) is 0 Å². The summed E-state index contributed by atoms with van der Waals surface area (Å²) in [5.41, 5.74) is 6.47. The Kier molecular flexibility index (Phi) is 7.92. The highest BCUT2D eigenvalue weighted by Gasteiger charge is 2.27. The summed E-state index contributed by atoms with van der Waals surface area (Å²) >= 11 is 0. The average molecular weight is 254 g/mol. The molecular formula is C16H34N2. The Bertz CT molecular complexity index is 203. The SMILES string of the molecule is CCCCN(C(C)CC)C1CCCCCCC1N. The maximum atomic E-state index is 6.47. The van der Waals surface area contributed by atoms with Crippen LogP contribution in [0.15, 0.2) is 0 Å². The van der Waals surface area contributed by atoms with Crippen LogP contribution in [0, 0.1) is 0 Å². The van der Waals surface area contributed by atoms with Gasteiger partial charge in [-0.2, -0.15) is 0 Å². The van der Waals surface area contributed by atoms with Crippen LogP contribution in [0.5, 0.6) is 0 Å². The molecule has 3 unspecified atom stereocenters. The van der Waals surface area contributed by atoms with E-state index in [0.29, 0.717) is 18.1 Å². The number of nitrogens with two attached hydrogens (primary N) is 1. The lowest BCUT2D eigenvalue weighted by molar-refractivity contribution is 0.102. The fourth-order valence-electron chi connectivity index (χ4n) is 3.19. The molecule has 1 saturated carbocycles. The summed E-state index contributed by atoms with van der Waals surface area (Å²) in [6, 6.07) is 1.72. The van der Waals surface area contributed by atoms with Crippen LogP contribution in [0.4, 0.5) is 0 Å². The first-order valence-corrected chi connectivity index (χ1v) is 8.22. The zero-order valence-electron chi connectivity index (χ0n) is 12.8. The molecule has 0 aromatic heterocycles. The molecule has 1 aliphatic rings. The van der Waals surface area contributed by atoms with Gasteiger partial charge in [-0.25, -0.2) is 0 Å². The van der Waals surface area contributed by atoms with Gasteiger partial charge in [0, 0.05) is 18.1 Å². The molecule has 2 heteroatoms. The van der Waals surface area contributed by atoms with Gasteiger partial charge in [-0.1, -0.05) is 46.0 Å². The molecule has 0 aromatic carbocycles. The highest BCUT2D eigenvalue weighted by molar-refractivity contribution is 4.86.